The van der Waals surface area contributed by atoms with Gasteiger partial charge in [-0.15, -0.1) is 11.6 Å². The molecule has 2 aromatic rings. The summed E-state index contributed by atoms with van der Waals surface area (Å²) in [6.45, 7) is 1.85. The largest absolute Gasteiger partial charge is 0.292 e. The van der Waals surface area contributed by atoms with Gasteiger partial charge in [-0.05, 0) is 62.6 Å². The van der Waals surface area contributed by atoms with E-state index in [0.717, 1.165) is 39.9 Å². The van der Waals surface area contributed by atoms with E-state index >= 15 is 0 Å². The van der Waals surface area contributed by atoms with Crippen LogP contribution < -0.4 is 0 Å². The number of imide groups is 1. The van der Waals surface area contributed by atoms with Crippen LogP contribution in [0.1, 0.15) is 46.9 Å². The number of hydrogen-bond donors (Lipinski definition) is 0. The number of ketones is 1. The minimum Gasteiger partial charge on any atom is -0.292 e. The quantitative estimate of drug-likeness (QED) is 0.126. The number of nitro benzene ring substituents is 1. The van der Waals surface area contributed by atoms with Crippen LogP contribution in [0.25, 0.3) is 0 Å². The molecule has 0 radical (unpaired) electrons. The molecule has 0 bridgehead atoms. The molecular formula is C26H23ClFN3O6. The summed E-state index contributed by atoms with van der Waals surface area (Å²) in [6.07, 6.45) is 2.43. The highest BCUT2D eigenvalue weighted by molar-refractivity contribution is 6.18. The van der Waals surface area contributed by atoms with E-state index < -0.39 is 52.1 Å². The highest BCUT2D eigenvalue weighted by Gasteiger charge is 2.53. The van der Waals surface area contributed by atoms with E-state index in [9.17, 15) is 33.7 Å². The maximum Gasteiger partial charge on any atom is 0.273 e. The first-order valence-electron chi connectivity index (χ1n) is 11.6. The Morgan fingerprint density at radius 1 is 1.08 bits per heavy atom. The molecule has 192 valence electrons. The van der Waals surface area contributed by atoms with Gasteiger partial charge in [-0.2, -0.15) is 5.01 Å². The van der Waals surface area contributed by atoms with Crippen molar-refractivity contribution in [2.24, 2.45) is 11.8 Å². The van der Waals surface area contributed by atoms with Crippen LogP contribution in [-0.2, 0) is 9.59 Å². The lowest BCUT2D eigenvalue weighted by Gasteiger charge is -2.36. The molecule has 9 nitrogen and oxygen atoms in total. The van der Waals surface area contributed by atoms with E-state index in [1.54, 1.807) is 0 Å². The minimum absolute atomic E-state index is 0.0621. The minimum atomic E-state index is -1.37. The van der Waals surface area contributed by atoms with Crippen LogP contribution in [0.3, 0.4) is 0 Å². The number of amides is 3. The number of Topliss-reactive ketones (excluding diaryl/α,β-unsaturated/α-hetero) is 1. The van der Waals surface area contributed by atoms with Gasteiger partial charge in [0.05, 0.1) is 16.8 Å². The van der Waals surface area contributed by atoms with Gasteiger partial charge in [-0.3, -0.25) is 29.3 Å². The summed E-state index contributed by atoms with van der Waals surface area (Å²) in [5, 5.41) is 12.6. The molecular weight excluding hydrogens is 505 g/mol. The van der Waals surface area contributed by atoms with Gasteiger partial charge in [0.25, 0.3) is 23.4 Å². The summed E-state index contributed by atoms with van der Waals surface area (Å²) >= 11 is 6.00. The van der Waals surface area contributed by atoms with Crippen LogP contribution in [0.4, 0.5) is 10.1 Å². The number of nitro groups is 1. The summed E-state index contributed by atoms with van der Waals surface area (Å²) in [7, 11) is 0. The monoisotopic (exact) mass is 527 g/mol. The number of halogens is 2. The van der Waals surface area contributed by atoms with Crippen LogP contribution in [-0.4, -0.2) is 50.4 Å². The molecule has 0 N–H and O–H groups in total. The van der Waals surface area contributed by atoms with E-state index in [1.165, 1.54) is 24.3 Å². The Labute approximate surface area is 216 Å². The topological polar surface area (TPSA) is 118 Å². The predicted molar refractivity (Wildman–Crippen MR) is 131 cm³/mol. The number of benzene rings is 2. The molecule has 2 aliphatic rings. The normalized spacial score (nSPS) is 19.8. The van der Waals surface area contributed by atoms with Crippen molar-refractivity contribution in [2.75, 3.05) is 5.88 Å². The molecule has 0 unspecified atom stereocenters. The fourth-order valence-electron chi connectivity index (χ4n) is 4.74. The Bertz CT molecular complexity index is 1290. The molecule has 0 spiro atoms. The van der Waals surface area contributed by atoms with Gasteiger partial charge in [-0.1, -0.05) is 11.6 Å². The Morgan fingerprint density at radius 3 is 2.27 bits per heavy atom. The molecule has 1 fully saturated rings. The van der Waals surface area contributed by atoms with E-state index in [0.29, 0.717) is 12.8 Å². The summed E-state index contributed by atoms with van der Waals surface area (Å²) in [5.41, 5.74) is 0.676. The highest BCUT2D eigenvalue weighted by atomic mass is 35.5. The van der Waals surface area contributed by atoms with Gasteiger partial charge >= 0.3 is 0 Å². The van der Waals surface area contributed by atoms with Crippen molar-refractivity contribution in [3.8, 4) is 0 Å². The van der Waals surface area contributed by atoms with Gasteiger partial charge in [-0.25, -0.2) is 9.40 Å². The second-order valence-corrected chi connectivity index (χ2v) is 9.39. The second kappa shape index (κ2) is 10.6. The first-order chi connectivity index (χ1) is 17.6. The zero-order chi connectivity index (χ0) is 26.9. The lowest BCUT2D eigenvalue weighted by molar-refractivity contribution is -0.384. The Balaban J connectivity index is 1.80. The van der Waals surface area contributed by atoms with Gasteiger partial charge in [0.2, 0.25) is 0 Å². The van der Waals surface area contributed by atoms with Crippen molar-refractivity contribution in [3.63, 3.8) is 0 Å². The number of allylic oxidation sites excluding steroid dienone is 2. The molecule has 0 aromatic heterocycles. The maximum atomic E-state index is 13.8. The standard InChI is InChI=1S/C26H23ClFN3O6/c1-15-2-11-20-21(14-15)26(35)30(25(20)34)29(24(33)17-5-9-19(10-6-17)31(36)37)22(12-13-27)23(32)16-3-7-18(28)8-4-16/h2-10,20-22H,11-14H2,1H3/t20-,21-,22+/m0/s1. The SMILES string of the molecule is CC1=CC[C@@H]2C(=O)N(N(C(=O)c3ccc([N+](=O)[O-])cc3)[C@H](CCCl)C(=O)c3ccc(F)cc3)C(=O)[C@H]2C1. The predicted octanol–water partition coefficient (Wildman–Crippen LogP) is 4.31. The number of carbonyl (C=O) groups excluding carboxylic acids is 4. The number of alkyl halides is 1. The third-order valence-corrected chi connectivity index (χ3v) is 6.88. The third kappa shape index (κ3) is 5.01. The molecule has 1 aliphatic carbocycles. The fraction of sp³-hybridized carbons (Fsp3) is 0.308. The van der Waals surface area contributed by atoms with Crippen molar-refractivity contribution in [3.05, 3.63) is 87.2 Å². The number of non-ortho nitro benzene ring substituents is 1. The van der Waals surface area contributed by atoms with Gasteiger partial charge in [0, 0.05) is 29.1 Å². The molecule has 3 atom stereocenters. The highest BCUT2D eigenvalue weighted by Crippen LogP contribution is 2.39. The van der Waals surface area contributed by atoms with Crippen LogP contribution in [0.5, 0.6) is 0 Å². The average Bonchev–Trinajstić information content (AvgIpc) is 3.12. The molecule has 2 aromatic carbocycles. The summed E-state index contributed by atoms with van der Waals surface area (Å²) in [6, 6.07) is 7.91. The Morgan fingerprint density at radius 2 is 1.68 bits per heavy atom. The Hall–Kier alpha value is -3.92. The number of carbonyl (C=O) groups is 4. The van der Waals surface area contributed by atoms with Gasteiger partial charge < -0.3 is 0 Å². The lowest BCUT2D eigenvalue weighted by Crippen LogP contribution is -2.57. The van der Waals surface area contributed by atoms with E-state index in [4.69, 9.17) is 11.6 Å². The van der Waals surface area contributed by atoms with E-state index in [2.05, 4.69) is 0 Å². The number of nitrogens with zero attached hydrogens (tertiary/aromatic N) is 3. The van der Waals surface area contributed by atoms with Crippen molar-refractivity contribution < 1.29 is 28.5 Å². The molecule has 11 heteroatoms. The number of rotatable bonds is 8. The molecule has 1 aliphatic heterocycles. The van der Waals surface area contributed by atoms with E-state index in [-0.39, 0.29) is 29.1 Å². The molecule has 1 saturated heterocycles. The van der Waals surface area contributed by atoms with Crippen molar-refractivity contribution in [2.45, 2.75) is 32.2 Å². The zero-order valence-electron chi connectivity index (χ0n) is 19.8. The fourth-order valence-corrected chi connectivity index (χ4v) is 4.94. The maximum absolute atomic E-state index is 13.8. The van der Waals surface area contributed by atoms with Crippen LogP contribution in [0, 0.1) is 27.8 Å². The van der Waals surface area contributed by atoms with Crippen LogP contribution >= 0.6 is 11.6 Å². The number of hydrazine groups is 1. The summed E-state index contributed by atoms with van der Waals surface area (Å²) < 4.78 is 13.5. The molecule has 1 heterocycles. The Kier molecular flexibility index (Phi) is 7.49. The molecule has 3 amide bonds. The lowest BCUT2D eigenvalue weighted by atomic mass is 9.82. The van der Waals surface area contributed by atoms with Crippen molar-refractivity contribution in [1.82, 2.24) is 10.0 Å². The number of fused-ring (bicyclic) bond motifs is 1. The van der Waals surface area contributed by atoms with Crippen LogP contribution in [0.15, 0.2) is 60.2 Å². The third-order valence-electron chi connectivity index (χ3n) is 6.66. The zero-order valence-corrected chi connectivity index (χ0v) is 20.6. The summed E-state index contributed by atoms with van der Waals surface area (Å²) in [5.74, 6) is -4.74. The summed E-state index contributed by atoms with van der Waals surface area (Å²) in [4.78, 5) is 64.9. The molecule has 37 heavy (non-hydrogen) atoms. The number of hydrogen-bond acceptors (Lipinski definition) is 6. The van der Waals surface area contributed by atoms with E-state index in [1.807, 2.05) is 13.0 Å². The van der Waals surface area contributed by atoms with Crippen molar-refractivity contribution in [1.29, 1.82) is 0 Å². The smallest absolute Gasteiger partial charge is 0.273 e. The van der Waals surface area contributed by atoms with Crippen molar-refractivity contribution >= 4 is 40.8 Å². The first kappa shape index (κ1) is 26.2. The average molecular weight is 528 g/mol. The second-order valence-electron chi connectivity index (χ2n) is 9.01. The molecule has 4 rings (SSSR count). The van der Waals surface area contributed by atoms with Crippen LogP contribution in [0.2, 0.25) is 0 Å². The van der Waals surface area contributed by atoms with Gasteiger partial charge in [0.15, 0.2) is 5.78 Å². The first-order valence-corrected chi connectivity index (χ1v) is 12.1. The van der Waals surface area contributed by atoms with Gasteiger partial charge in [0.1, 0.15) is 11.9 Å². The molecule has 0 saturated carbocycles.